The lowest BCUT2D eigenvalue weighted by Crippen LogP contribution is -2.44. The SMILES string of the molecule is CN1CCN(c2cnc3ccc(CC(=O)CN)cc3c2)CC1. The molecule has 0 amide bonds. The van der Waals surface area contributed by atoms with Gasteiger partial charge in [-0.15, -0.1) is 0 Å². The van der Waals surface area contributed by atoms with Crippen LogP contribution in [0.2, 0.25) is 0 Å². The molecule has 0 aliphatic carbocycles. The number of Topliss-reactive ketones (excluding diaryl/α,β-unsaturated/α-hetero) is 1. The number of fused-ring (bicyclic) bond motifs is 1. The summed E-state index contributed by atoms with van der Waals surface area (Å²) >= 11 is 0. The fourth-order valence-electron chi connectivity index (χ4n) is 2.82. The monoisotopic (exact) mass is 298 g/mol. The molecule has 1 aliphatic rings. The van der Waals surface area contributed by atoms with E-state index in [0.717, 1.165) is 48.3 Å². The molecule has 0 atom stereocenters. The van der Waals surface area contributed by atoms with Crippen LogP contribution in [0.1, 0.15) is 5.56 Å². The molecule has 1 aliphatic heterocycles. The number of likely N-dealkylation sites (N-methyl/N-ethyl adjacent to an activating group) is 1. The summed E-state index contributed by atoms with van der Waals surface area (Å²) in [5.41, 5.74) is 8.51. The molecule has 2 aromatic rings. The Hall–Kier alpha value is -1.98. The summed E-state index contributed by atoms with van der Waals surface area (Å²) in [6, 6.07) is 8.15. The van der Waals surface area contributed by atoms with Crippen LogP contribution in [0.3, 0.4) is 0 Å². The van der Waals surface area contributed by atoms with Crippen molar-refractivity contribution in [3.8, 4) is 0 Å². The van der Waals surface area contributed by atoms with Crippen LogP contribution in [0.5, 0.6) is 0 Å². The summed E-state index contributed by atoms with van der Waals surface area (Å²) in [6.45, 7) is 4.29. The number of anilines is 1. The van der Waals surface area contributed by atoms with Crippen molar-refractivity contribution in [2.45, 2.75) is 6.42 Å². The van der Waals surface area contributed by atoms with Crippen LogP contribution < -0.4 is 10.6 Å². The van der Waals surface area contributed by atoms with E-state index in [2.05, 4.69) is 34.0 Å². The van der Waals surface area contributed by atoms with E-state index in [1.807, 2.05) is 18.3 Å². The molecule has 0 bridgehead atoms. The quantitative estimate of drug-likeness (QED) is 0.914. The van der Waals surface area contributed by atoms with Crippen molar-refractivity contribution in [2.75, 3.05) is 44.7 Å². The number of nitrogens with two attached hydrogens (primary N) is 1. The summed E-state index contributed by atoms with van der Waals surface area (Å²) in [4.78, 5) is 20.8. The van der Waals surface area contributed by atoms with E-state index in [4.69, 9.17) is 5.73 Å². The van der Waals surface area contributed by atoms with Crippen molar-refractivity contribution in [1.82, 2.24) is 9.88 Å². The van der Waals surface area contributed by atoms with E-state index in [0.29, 0.717) is 6.42 Å². The van der Waals surface area contributed by atoms with Crippen molar-refractivity contribution in [3.63, 3.8) is 0 Å². The van der Waals surface area contributed by atoms with Gasteiger partial charge in [-0.3, -0.25) is 9.78 Å². The van der Waals surface area contributed by atoms with E-state index in [-0.39, 0.29) is 12.3 Å². The maximum atomic E-state index is 11.5. The number of carbonyl (C=O) groups excluding carboxylic acids is 1. The molecule has 0 radical (unpaired) electrons. The number of hydrogen-bond acceptors (Lipinski definition) is 5. The van der Waals surface area contributed by atoms with Gasteiger partial charge in [0.1, 0.15) is 0 Å². The summed E-state index contributed by atoms with van der Waals surface area (Å²) in [5.74, 6) is 0.0579. The Balaban J connectivity index is 1.85. The number of aromatic nitrogens is 1. The van der Waals surface area contributed by atoms with Gasteiger partial charge in [0.15, 0.2) is 5.78 Å². The third kappa shape index (κ3) is 3.26. The topological polar surface area (TPSA) is 62.5 Å². The maximum Gasteiger partial charge on any atom is 0.150 e. The van der Waals surface area contributed by atoms with Gasteiger partial charge in [0.05, 0.1) is 23.9 Å². The van der Waals surface area contributed by atoms with Gasteiger partial charge in [-0.1, -0.05) is 6.07 Å². The second-order valence-electron chi connectivity index (χ2n) is 5.93. The third-order valence-corrected chi connectivity index (χ3v) is 4.23. The first-order chi connectivity index (χ1) is 10.7. The molecule has 5 nitrogen and oxygen atoms in total. The molecule has 0 spiro atoms. The van der Waals surface area contributed by atoms with Gasteiger partial charge >= 0.3 is 0 Å². The number of benzene rings is 1. The first kappa shape index (κ1) is 14.9. The second-order valence-corrected chi connectivity index (χ2v) is 5.93. The highest BCUT2D eigenvalue weighted by atomic mass is 16.1. The number of carbonyl (C=O) groups is 1. The lowest BCUT2D eigenvalue weighted by Gasteiger charge is -2.33. The zero-order chi connectivity index (χ0) is 15.5. The van der Waals surface area contributed by atoms with E-state index in [1.54, 1.807) is 0 Å². The summed E-state index contributed by atoms with van der Waals surface area (Å²) in [6.07, 6.45) is 2.34. The second kappa shape index (κ2) is 6.42. The van der Waals surface area contributed by atoms with Gasteiger partial charge in [0.25, 0.3) is 0 Å². The predicted octanol–water partition coefficient (Wildman–Crippen LogP) is 1.06. The molecular formula is C17H22N4O. The number of rotatable bonds is 4. The van der Waals surface area contributed by atoms with Crippen LogP contribution in [0.4, 0.5) is 5.69 Å². The standard InChI is InChI=1S/C17H22N4O/c1-20-4-6-21(7-5-20)15-10-14-8-13(9-16(22)11-18)2-3-17(14)19-12-15/h2-3,8,10,12H,4-7,9,11,18H2,1H3. The third-order valence-electron chi connectivity index (χ3n) is 4.23. The van der Waals surface area contributed by atoms with Crippen LogP contribution in [0.25, 0.3) is 10.9 Å². The Morgan fingerprint density at radius 1 is 1.23 bits per heavy atom. The lowest BCUT2D eigenvalue weighted by atomic mass is 10.1. The molecule has 3 rings (SSSR count). The Morgan fingerprint density at radius 2 is 2.00 bits per heavy atom. The predicted molar refractivity (Wildman–Crippen MR) is 89.2 cm³/mol. The zero-order valence-electron chi connectivity index (χ0n) is 13.0. The van der Waals surface area contributed by atoms with Crippen molar-refractivity contribution in [2.24, 2.45) is 5.73 Å². The van der Waals surface area contributed by atoms with Crippen LogP contribution in [0.15, 0.2) is 30.5 Å². The molecule has 2 heterocycles. The highest BCUT2D eigenvalue weighted by molar-refractivity contribution is 5.86. The minimum atomic E-state index is 0.0579. The van der Waals surface area contributed by atoms with Gasteiger partial charge in [0, 0.05) is 38.0 Å². The van der Waals surface area contributed by atoms with Crippen LogP contribution in [-0.4, -0.2) is 55.4 Å². The molecule has 0 saturated carbocycles. The number of nitrogens with zero attached hydrogens (tertiary/aromatic N) is 3. The first-order valence-electron chi connectivity index (χ1n) is 7.69. The van der Waals surface area contributed by atoms with E-state index < -0.39 is 0 Å². The van der Waals surface area contributed by atoms with Gasteiger partial charge in [-0.2, -0.15) is 0 Å². The highest BCUT2D eigenvalue weighted by Gasteiger charge is 2.15. The average Bonchev–Trinajstić information content (AvgIpc) is 2.54. The average molecular weight is 298 g/mol. The highest BCUT2D eigenvalue weighted by Crippen LogP contribution is 2.22. The molecule has 1 saturated heterocycles. The van der Waals surface area contributed by atoms with E-state index in [1.165, 1.54) is 0 Å². The molecule has 1 fully saturated rings. The van der Waals surface area contributed by atoms with Gasteiger partial charge in [0.2, 0.25) is 0 Å². The molecule has 116 valence electrons. The fourth-order valence-corrected chi connectivity index (χ4v) is 2.82. The van der Waals surface area contributed by atoms with Crippen molar-refractivity contribution < 1.29 is 4.79 Å². The zero-order valence-corrected chi connectivity index (χ0v) is 13.0. The Morgan fingerprint density at radius 3 is 2.73 bits per heavy atom. The number of pyridine rings is 1. The summed E-state index contributed by atoms with van der Waals surface area (Å²) in [7, 11) is 2.15. The largest absolute Gasteiger partial charge is 0.368 e. The number of hydrogen-bond donors (Lipinski definition) is 1. The molecule has 1 aromatic carbocycles. The fraction of sp³-hybridized carbons (Fsp3) is 0.412. The maximum absolute atomic E-state index is 11.5. The van der Waals surface area contributed by atoms with Crippen LogP contribution in [0, 0.1) is 0 Å². The Kier molecular flexibility index (Phi) is 4.36. The molecule has 1 aromatic heterocycles. The Labute approximate surface area is 130 Å². The summed E-state index contributed by atoms with van der Waals surface area (Å²) < 4.78 is 0. The van der Waals surface area contributed by atoms with Gasteiger partial charge in [-0.25, -0.2) is 0 Å². The van der Waals surface area contributed by atoms with Crippen LogP contribution >= 0.6 is 0 Å². The van der Waals surface area contributed by atoms with Crippen molar-refractivity contribution in [1.29, 1.82) is 0 Å². The summed E-state index contributed by atoms with van der Waals surface area (Å²) in [5, 5.41) is 1.08. The van der Waals surface area contributed by atoms with Crippen molar-refractivity contribution >= 4 is 22.4 Å². The molecular weight excluding hydrogens is 276 g/mol. The van der Waals surface area contributed by atoms with Gasteiger partial charge < -0.3 is 15.5 Å². The smallest absolute Gasteiger partial charge is 0.150 e. The molecule has 22 heavy (non-hydrogen) atoms. The Bertz CT molecular complexity index is 677. The normalized spacial score (nSPS) is 16.2. The molecule has 5 heteroatoms. The van der Waals surface area contributed by atoms with E-state index in [9.17, 15) is 4.79 Å². The molecule has 0 unspecified atom stereocenters. The van der Waals surface area contributed by atoms with Gasteiger partial charge in [-0.05, 0) is 30.8 Å². The number of ketones is 1. The minimum Gasteiger partial charge on any atom is -0.368 e. The van der Waals surface area contributed by atoms with E-state index >= 15 is 0 Å². The number of piperazine rings is 1. The lowest BCUT2D eigenvalue weighted by molar-refractivity contribution is -0.117. The molecule has 2 N–H and O–H groups in total. The minimum absolute atomic E-state index is 0.0579. The van der Waals surface area contributed by atoms with Crippen LogP contribution in [-0.2, 0) is 11.2 Å². The van der Waals surface area contributed by atoms with Crippen molar-refractivity contribution in [3.05, 3.63) is 36.0 Å². The first-order valence-corrected chi connectivity index (χ1v) is 7.69.